The number of H-pyrrole nitrogens is 1. The number of rotatable bonds is 4. The van der Waals surface area contributed by atoms with Crippen molar-refractivity contribution in [2.24, 2.45) is 0 Å². The molecule has 1 heterocycles. The van der Waals surface area contributed by atoms with Crippen LogP contribution < -0.4 is 10.9 Å². The topological polar surface area (TPSA) is 74.8 Å². The first-order chi connectivity index (χ1) is 11.6. The van der Waals surface area contributed by atoms with Gasteiger partial charge in [0.2, 0.25) is 5.91 Å². The number of amides is 1. The summed E-state index contributed by atoms with van der Waals surface area (Å²) < 4.78 is 38.7. The second kappa shape index (κ2) is 7.08. The third-order valence-corrected chi connectivity index (χ3v) is 3.77. The van der Waals surface area contributed by atoms with E-state index in [9.17, 15) is 22.8 Å². The molecule has 0 unspecified atom stereocenters. The predicted molar refractivity (Wildman–Crippen MR) is 87.5 cm³/mol. The minimum absolute atomic E-state index is 0.0378. The van der Waals surface area contributed by atoms with E-state index in [1.807, 2.05) is 0 Å². The first kappa shape index (κ1) is 18.7. The summed E-state index contributed by atoms with van der Waals surface area (Å²) in [5.74, 6) is 0.00592. The Morgan fingerprint density at radius 1 is 1.24 bits per heavy atom. The van der Waals surface area contributed by atoms with Gasteiger partial charge in [0.05, 0.1) is 5.56 Å². The number of aromatic nitrogens is 2. The van der Waals surface area contributed by atoms with Crippen molar-refractivity contribution in [3.8, 4) is 0 Å². The highest BCUT2D eigenvalue weighted by Crippen LogP contribution is 2.33. The van der Waals surface area contributed by atoms with Crippen LogP contribution in [0.4, 0.5) is 18.9 Å². The average Bonchev–Trinajstić information content (AvgIpc) is 2.47. The van der Waals surface area contributed by atoms with Crippen molar-refractivity contribution >= 4 is 11.6 Å². The first-order valence-electron chi connectivity index (χ1n) is 7.62. The Morgan fingerprint density at radius 3 is 2.52 bits per heavy atom. The lowest BCUT2D eigenvalue weighted by Gasteiger charge is -2.13. The lowest BCUT2D eigenvalue weighted by molar-refractivity contribution is -0.138. The number of halogens is 3. The standard InChI is InChI=1S/C17H18F3N3O2/c1-9-4-5-12(8-14(9)17(18,19)20)23-15(24)7-6-13-10(2)21-11(3)22-16(13)25/h4-5,8H,6-7H2,1-3H3,(H,23,24)(H,21,22,25). The lowest BCUT2D eigenvalue weighted by atomic mass is 10.1. The molecule has 5 nitrogen and oxygen atoms in total. The fourth-order valence-electron chi connectivity index (χ4n) is 2.51. The zero-order valence-corrected chi connectivity index (χ0v) is 14.0. The summed E-state index contributed by atoms with van der Waals surface area (Å²) in [7, 11) is 0. The zero-order chi connectivity index (χ0) is 18.8. The number of aryl methyl sites for hydroxylation is 3. The normalized spacial score (nSPS) is 11.4. The number of hydrogen-bond donors (Lipinski definition) is 2. The number of carbonyl (C=O) groups excluding carboxylic acids is 1. The summed E-state index contributed by atoms with van der Waals surface area (Å²) in [6, 6.07) is 3.61. The molecule has 25 heavy (non-hydrogen) atoms. The molecule has 0 aliphatic rings. The zero-order valence-electron chi connectivity index (χ0n) is 14.0. The Balaban J connectivity index is 2.08. The summed E-state index contributed by atoms with van der Waals surface area (Å²) in [6.45, 7) is 4.68. The van der Waals surface area contributed by atoms with E-state index in [0.29, 0.717) is 17.1 Å². The summed E-state index contributed by atoms with van der Waals surface area (Å²) in [4.78, 5) is 30.6. The van der Waals surface area contributed by atoms with E-state index in [1.165, 1.54) is 19.1 Å². The van der Waals surface area contributed by atoms with Crippen molar-refractivity contribution in [2.45, 2.75) is 39.8 Å². The Hall–Kier alpha value is -2.64. The molecular weight excluding hydrogens is 335 g/mol. The highest BCUT2D eigenvalue weighted by molar-refractivity contribution is 5.91. The molecule has 134 valence electrons. The van der Waals surface area contributed by atoms with Crippen LogP contribution in [0.25, 0.3) is 0 Å². The van der Waals surface area contributed by atoms with E-state index in [-0.39, 0.29) is 29.7 Å². The van der Waals surface area contributed by atoms with Crippen LogP contribution in [-0.2, 0) is 17.4 Å². The molecular formula is C17H18F3N3O2. The highest BCUT2D eigenvalue weighted by Gasteiger charge is 2.32. The van der Waals surface area contributed by atoms with Crippen molar-refractivity contribution in [3.63, 3.8) is 0 Å². The van der Waals surface area contributed by atoms with Crippen LogP contribution >= 0.6 is 0 Å². The third-order valence-electron chi connectivity index (χ3n) is 3.77. The van der Waals surface area contributed by atoms with E-state index in [0.717, 1.165) is 6.07 Å². The molecule has 1 amide bonds. The van der Waals surface area contributed by atoms with Gasteiger partial charge in [0, 0.05) is 23.4 Å². The lowest BCUT2D eigenvalue weighted by Crippen LogP contribution is -2.20. The van der Waals surface area contributed by atoms with Crippen LogP contribution in [-0.4, -0.2) is 15.9 Å². The van der Waals surface area contributed by atoms with Crippen LogP contribution in [0.1, 0.15) is 34.6 Å². The summed E-state index contributed by atoms with van der Waals surface area (Å²) in [6.07, 6.45) is -4.37. The first-order valence-corrected chi connectivity index (χ1v) is 7.62. The molecule has 0 bridgehead atoms. The molecule has 8 heteroatoms. The van der Waals surface area contributed by atoms with Gasteiger partial charge >= 0.3 is 6.18 Å². The molecule has 0 atom stereocenters. The van der Waals surface area contributed by atoms with Crippen molar-refractivity contribution in [1.82, 2.24) is 9.97 Å². The monoisotopic (exact) mass is 353 g/mol. The van der Waals surface area contributed by atoms with E-state index < -0.39 is 17.6 Å². The van der Waals surface area contributed by atoms with Crippen molar-refractivity contribution < 1.29 is 18.0 Å². The fraction of sp³-hybridized carbons (Fsp3) is 0.353. The largest absolute Gasteiger partial charge is 0.416 e. The quantitative estimate of drug-likeness (QED) is 0.886. The smallest absolute Gasteiger partial charge is 0.326 e. The Kier molecular flexibility index (Phi) is 5.30. The molecule has 0 spiro atoms. The highest BCUT2D eigenvalue weighted by atomic mass is 19.4. The summed E-state index contributed by atoms with van der Waals surface area (Å²) in [5.41, 5.74) is -0.0360. The number of aromatic amines is 1. The van der Waals surface area contributed by atoms with Gasteiger partial charge in [-0.05, 0) is 44.9 Å². The summed E-state index contributed by atoms with van der Waals surface area (Å²) >= 11 is 0. The molecule has 2 rings (SSSR count). The van der Waals surface area contributed by atoms with E-state index in [1.54, 1.807) is 13.8 Å². The average molecular weight is 353 g/mol. The van der Waals surface area contributed by atoms with Crippen LogP contribution in [0, 0.1) is 20.8 Å². The molecule has 2 aromatic rings. The van der Waals surface area contributed by atoms with Gasteiger partial charge in [-0.15, -0.1) is 0 Å². The molecule has 0 saturated heterocycles. The molecule has 0 fully saturated rings. The summed E-state index contributed by atoms with van der Waals surface area (Å²) in [5, 5.41) is 2.43. The van der Waals surface area contributed by atoms with Gasteiger partial charge < -0.3 is 10.3 Å². The van der Waals surface area contributed by atoms with E-state index in [2.05, 4.69) is 15.3 Å². The molecule has 1 aromatic heterocycles. The maximum atomic E-state index is 12.9. The van der Waals surface area contributed by atoms with Crippen molar-refractivity contribution in [3.05, 3.63) is 56.8 Å². The van der Waals surface area contributed by atoms with Crippen molar-refractivity contribution in [2.75, 3.05) is 5.32 Å². The molecule has 1 aromatic carbocycles. The molecule has 0 saturated carbocycles. The predicted octanol–water partition coefficient (Wildman–Crippen LogP) is 3.29. The number of benzene rings is 1. The van der Waals surface area contributed by atoms with Crippen LogP contribution in [0.3, 0.4) is 0 Å². The van der Waals surface area contributed by atoms with Gasteiger partial charge in [0.15, 0.2) is 0 Å². The Morgan fingerprint density at radius 2 is 1.92 bits per heavy atom. The number of hydrogen-bond acceptors (Lipinski definition) is 3. The SMILES string of the molecule is Cc1nc(C)c(CCC(=O)Nc2ccc(C)c(C(F)(F)F)c2)c(=O)[nH]1. The number of nitrogens with zero attached hydrogens (tertiary/aromatic N) is 1. The molecule has 2 N–H and O–H groups in total. The van der Waals surface area contributed by atoms with Gasteiger partial charge in [0.25, 0.3) is 5.56 Å². The van der Waals surface area contributed by atoms with Gasteiger partial charge in [-0.1, -0.05) is 6.07 Å². The van der Waals surface area contributed by atoms with Gasteiger partial charge in [-0.2, -0.15) is 13.2 Å². The van der Waals surface area contributed by atoms with Gasteiger partial charge in [-0.3, -0.25) is 9.59 Å². The minimum Gasteiger partial charge on any atom is -0.326 e. The molecule has 0 radical (unpaired) electrons. The molecule has 0 aliphatic carbocycles. The van der Waals surface area contributed by atoms with Crippen molar-refractivity contribution in [1.29, 1.82) is 0 Å². The number of alkyl halides is 3. The van der Waals surface area contributed by atoms with Crippen LogP contribution in [0.15, 0.2) is 23.0 Å². The second-order valence-corrected chi connectivity index (χ2v) is 5.79. The molecule has 0 aliphatic heterocycles. The maximum absolute atomic E-state index is 12.9. The number of anilines is 1. The van der Waals surface area contributed by atoms with E-state index >= 15 is 0 Å². The third kappa shape index (κ3) is 4.68. The maximum Gasteiger partial charge on any atom is 0.416 e. The van der Waals surface area contributed by atoms with Gasteiger partial charge in [0.1, 0.15) is 5.82 Å². The number of carbonyl (C=O) groups is 1. The Bertz CT molecular complexity index is 857. The fourth-order valence-corrected chi connectivity index (χ4v) is 2.51. The second-order valence-electron chi connectivity index (χ2n) is 5.79. The van der Waals surface area contributed by atoms with E-state index in [4.69, 9.17) is 0 Å². The Labute approximate surface area is 142 Å². The minimum atomic E-state index is -4.48. The number of nitrogens with one attached hydrogen (secondary N) is 2. The van der Waals surface area contributed by atoms with Crippen LogP contribution in [0.5, 0.6) is 0 Å². The van der Waals surface area contributed by atoms with Crippen LogP contribution in [0.2, 0.25) is 0 Å². The van der Waals surface area contributed by atoms with Gasteiger partial charge in [-0.25, -0.2) is 4.98 Å².